The minimum atomic E-state index is 0.121. The second-order valence-electron chi connectivity index (χ2n) is 9.18. The van der Waals surface area contributed by atoms with Crippen LogP contribution in [0.1, 0.15) is 68.3 Å². The average molecular weight is 409 g/mol. The van der Waals surface area contributed by atoms with E-state index in [1.807, 2.05) is 29.8 Å². The zero-order chi connectivity index (χ0) is 21.0. The molecular formula is C25H36N4O. The van der Waals surface area contributed by atoms with Gasteiger partial charge in [-0.15, -0.1) is 0 Å². The topological polar surface area (TPSA) is 50.2 Å². The fourth-order valence-electron chi connectivity index (χ4n) is 5.42. The number of nitrogens with one attached hydrogen (secondary N) is 1. The maximum absolute atomic E-state index is 13.0. The molecule has 30 heavy (non-hydrogen) atoms. The SMILES string of the molecule is Cc1nn(-c2ccccc2)c(C)c1CC(=O)NCC1(N2CCCCC2)CCCCC1. The van der Waals surface area contributed by atoms with Crippen molar-refractivity contribution in [3.05, 3.63) is 47.3 Å². The molecule has 0 bridgehead atoms. The lowest BCUT2D eigenvalue weighted by Gasteiger charge is -2.48. The van der Waals surface area contributed by atoms with Crippen molar-refractivity contribution in [1.82, 2.24) is 20.0 Å². The largest absolute Gasteiger partial charge is 0.354 e. The van der Waals surface area contributed by atoms with Crippen molar-refractivity contribution in [2.45, 2.75) is 77.2 Å². The summed E-state index contributed by atoms with van der Waals surface area (Å²) in [5.41, 5.74) is 4.25. The van der Waals surface area contributed by atoms with E-state index in [0.29, 0.717) is 6.42 Å². The zero-order valence-electron chi connectivity index (χ0n) is 18.6. The molecule has 0 atom stereocenters. The van der Waals surface area contributed by atoms with E-state index < -0.39 is 0 Å². The number of nitrogens with zero attached hydrogens (tertiary/aromatic N) is 3. The molecule has 1 aromatic carbocycles. The number of carbonyl (C=O) groups is 1. The van der Waals surface area contributed by atoms with Crippen molar-refractivity contribution in [3.8, 4) is 5.69 Å². The van der Waals surface area contributed by atoms with Gasteiger partial charge in [-0.05, 0) is 64.8 Å². The third kappa shape index (κ3) is 4.46. The van der Waals surface area contributed by atoms with Crippen molar-refractivity contribution in [3.63, 3.8) is 0 Å². The van der Waals surface area contributed by atoms with E-state index in [1.165, 1.54) is 64.5 Å². The van der Waals surface area contributed by atoms with Crippen LogP contribution in [0.2, 0.25) is 0 Å². The van der Waals surface area contributed by atoms with Gasteiger partial charge in [0.2, 0.25) is 5.91 Å². The first-order valence-electron chi connectivity index (χ1n) is 11.7. The molecule has 2 fully saturated rings. The molecule has 1 aromatic heterocycles. The van der Waals surface area contributed by atoms with Gasteiger partial charge in [0.15, 0.2) is 0 Å². The van der Waals surface area contributed by atoms with Gasteiger partial charge in [-0.3, -0.25) is 9.69 Å². The highest BCUT2D eigenvalue weighted by atomic mass is 16.1. The monoisotopic (exact) mass is 408 g/mol. The molecule has 0 radical (unpaired) electrons. The number of hydrogen-bond donors (Lipinski definition) is 1. The molecule has 4 rings (SSSR count). The van der Waals surface area contributed by atoms with E-state index in [-0.39, 0.29) is 11.4 Å². The first-order valence-corrected chi connectivity index (χ1v) is 11.7. The number of aromatic nitrogens is 2. The van der Waals surface area contributed by atoms with Gasteiger partial charge in [0.1, 0.15) is 0 Å². The second kappa shape index (κ2) is 9.34. The van der Waals surface area contributed by atoms with Gasteiger partial charge in [0, 0.05) is 23.3 Å². The van der Waals surface area contributed by atoms with Crippen LogP contribution in [0.15, 0.2) is 30.3 Å². The van der Waals surface area contributed by atoms with Crippen LogP contribution in [0, 0.1) is 13.8 Å². The molecule has 162 valence electrons. The Morgan fingerprint density at radius 2 is 1.67 bits per heavy atom. The highest BCUT2D eigenvalue weighted by Crippen LogP contribution is 2.35. The fraction of sp³-hybridized carbons (Fsp3) is 0.600. The zero-order valence-corrected chi connectivity index (χ0v) is 18.6. The Kier molecular flexibility index (Phi) is 6.57. The molecule has 2 aromatic rings. The number of amides is 1. The number of para-hydroxylation sites is 1. The summed E-state index contributed by atoms with van der Waals surface area (Å²) in [5, 5.41) is 8.02. The molecule has 2 heterocycles. The third-order valence-electron chi connectivity index (χ3n) is 7.21. The van der Waals surface area contributed by atoms with E-state index in [9.17, 15) is 4.79 Å². The van der Waals surface area contributed by atoms with Crippen LogP contribution in [-0.2, 0) is 11.2 Å². The smallest absolute Gasteiger partial charge is 0.224 e. The Bertz CT molecular complexity index is 846. The Hall–Kier alpha value is -2.14. The predicted octanol–water partition coefficient (Wildman–Crippen LogP) is 4.34. The van der Waals surface area contributed by atoms with Crippen LogP contribution < -0.4 is 5.32 Å². The normalized spacial score (nSPS) is 19.5. The number of aryl methyl sites for hydroxylation is 1. The van der Waals surface area contributed by atoms with Crippen LogP contribution in [-0.4, -0.2) is 45.8 Å². The quantitative estimate of drug-likeness (QED) is 0.774. The molecule has 5 nitrogen and oxygen atoms in total. The molecule has 1 N–H and O–H groups in total. The summed E-state index contributed by atoms with van der Waals surface area (Å²) in [6.07, 6.45) is 10.7. The summed E-state index contributed by atoms with van der Waals surface area (Å²) in [6.45, 7) is 7.24. The minimum Gasteiger partial charge on any atom is -0.354 e. The van der Waals surface area contributed by atoms with Gasteiger partial charge in [-0.2, -0.15) is 5.10 Å². The van der Waals surface area contributed by atoms with Gasteiger partial charge in [-0.1, -0.05) is 43.9 Å². The van der Waals surface area contributed by atoms with Gasteiger partial charge in [0.05, 0.1) is 17.8 Å². The minimum absolute atomic E-state index is 0.121. The van der Waals surface area contributed by atoms with E-state index in [1.54, 1.807) is 0 Å². The number of likely N-dealkylation sites (tertiary alicyclic amines) is 1. The number of piperidine rings is 1. The standard InChI is InChI=1S/C25H36N4O/c1-20-23(21(2)29(27-20)22-12-6-3-7-13-22)18-24(30)26-19-25(14-8-4-9-15-25)28-16-10-5-11-17-28/h3,6-7,12-13H,4-5,8-11,14-19H2,1-2H3,(H,26,30). The van der Waals surface area contributed by atoms with Crippen LogP contribution >= 0.6 is 0 Å². The van der Waals surface area contributed by atoms with Crippen LogP contribution in [0.3, 0.4) is 0 Å². The van der Waals surface area contributed by atoms with Gasteiger partial charge in [-0.25, -0.2) is 4.68 Å². The molecule has 1 saturated carbocycles. The van der Waals surface area contributed by atoms with Gasteiger partial charge >= 0.3 is 0 Å². The summed E-state index contributed by atoms with van der Waals surface area (Å²) in [5.74, 6) is 0.121. The molecule has 1 saturated heterocycles. The molecule has 1 aliphatic carbocycles. The van der Waals surface area contributed by atoms with Crippen molar-refractivity contribution in [2.24, 2.45) is 0 Å². The van der Waals surface area contributed by atoms with Crippen LogP contribution in [0.4, 0.5) is 0 Å². The summed E-state index contributed by atoms with van der Waals surface area (Å²) >= 11 is 0. The maximum atomic E-state index is 13.0. The first-order chi connectivity index (χ1) is 14.6. The second-order valence-corrected chi connectivity index (χ2v) is 9.18. The van der Waals surface area contributed by atoms with Crippen molar-refractivity contribution in [2.75, 3.05) is 19.6 Å². The molecular weight excluding hydrogens is 372 g/mol. The van der Waals surface area contributed by atoms with E-state index in [0.717, 1.165) is 29.2 Å². The molecule has 2 aliphatic rings. The van der Waals surface area contributed by atoms with E-state index >= 15 is 0 Å². The molecule has 1 aliphatic heterocycles. The highest BCUT2D eigenvalue weighted by Gasteiger charge is 2.38. The van der Waals surface area contributed by atoms with Crippen molar-refractivity contribution >= 4 is 5.91 Å². The number of hydrogen-bond acceptors (Lipinski definition) is 3. The lowest BCUT2D eigenvalue weighted by atomic mass is 9.79. The summed E-state index contributed by atoms with van der Waals surface area (Å²) in [6, 6.07) is 10.1. The summed E-state index contributed by atoms with van der Waals surface area (Å²) in [4.78, 5) is 15.7. The maximum Gasteiger partial charge on any atom is 0.224 e. The summed E-state index contributed by atoms with van der Waals surface area (Å²) in [7, 11) is 0. The summed E-state index contributed by atoms with van der Waals surface area (Å²) < 4.78 is 1.95. The first kappa shape index (κ1) is 21.1. The van der Waals surface area contributed by atoms with Gasteiger partial charge < -0.3 is 5.32 Å². The van der Waals surface area contributed by atoms with Crippen molar-refractivity contribution in [1.29, 1.82) is 0 Å². The Balaban J connectivity index is 1.43. The van der Waals surface area contributed by atoms with Crippen LogP contribution in [0.5, 0.6) is 0 Å². The molecule has 1 amide bonds. The lowest BCUT2D eigenvalue weighted by molar-refractivity contribution is -0.121. The van der Waals surface area contributed by atoms with E-state index in [2.05, 4.69) is 29.3 Å². The highest BCUT2D eigenvalue weighted by molar-refractivity contribution is 5.79. The lowest BCUT2D eigenvalue weighted by Crippen LogP contribution is -2.58. The van der Waals surface area contributed by atoms with E-state index in [4.69, 9.17) is 5.10 Å². The molecule has 5 heteroatoms. The fourth-order valence-corrected chi connectivity index (χ4v) is 5.42. The molecule has 0 unspecified atom stereocenters. The van der Waals surface area contributed by atoms with Crippen LogP contribution in [0.25, 0.3) is 5.69 Å². The van der Waals surface area contributed by atoms with Crippen molar-refractivity contribution < 1.29 is 4.79 Å². The Morgan fingerprint density at radius 3 is 2.37 bits per heavy atom. The average Bonchev–Trinajstić information content (AvgIpc) is 3.08. The number of benzene rings is 1. The molecule has 0 spiro atoms. The third-order valence-corrected chi connectivity index (χ3v) is 7.21. The Labute approximate surface area is 180 Å². The van der Waals surface area contributed by atoms with Gasteiger partial charge in [0.25, 0.3) is 0 Å². The predicted molar refractivity (Wildman–Crippen MR) is 121 cm³/mol. The number of carbonyl (C=O) groups excluding carboxylic acids is 1. The Morgan fingerprint density at radius 1 is 1.00 bits per heavy atom. The number of rotatable bonds is 6.